The first-order valence-electron chi connectivity index (χ1n) is 15.1. The van der Waals surface area contributed by atoms with Gasteiger partial charge in [-0.25, -0.2) is 28.1 Å². The average Bonchev–Trinajstić information content (AvgIpc) is 3.03. The molecule has 0 aromatic heterocycles. The second-order valence-electron chi connectivity index (χ2n) is 11.1. The van der Waals surface area contributed by atoms with E-state index in [0.717, 1.165) is 48.7 Å². The lowest BCUT2D eigenvalue weighted by Crippen LogP contribution is -2.55. The maximum atomic E-state index is 14.4. The topological polar surface area (TPSA) is 129 Å². The van der Waals surface area contributed by atoms with Gasteiger partial charge in [-0.1, -0.05) is 30.9 Å². The number of ether oxygens (including phenoxy) is 2. The molecule has 2 heterocycles. The van der Waals surface area contributed by atoms with Gasteiger partial charge < -0.3 is 30.3 Å². The molecule has 3 N–H and O–H groups in total. The number of hydrogen-bond acceptors (Lipinski definition) is 7. The van der Waals surface area contributed by atoms with Crippen molar-refractivity contribution >= 4 is 29.6 Å². The zero-order valence-corrected chi connectivity index (χ0v) is 25.9. The zero-order valence-electron chi connectivity index (χ0n) is 25.9. The third-order valence-electron chi connectivity index (χ3n) is 7.85. The number of nitrogens with zero attached hydrogens (tertiary/aromatic N) is 2. The molecule has 2 aromatic rings. The third kappa shape index (κ3) is 8.55. The third-order valence-corrected chi connectivity index (χ3v) is 7.85. The summed E-state index contributed by atoms with van der Waals surface area (Å²) in [5.74, 6) is -2.96. The molecular weight excluding hydrogens is 600 g/mol. The highest BCUT2D eigenvalue weighted by Gasteiger charge is 2.43. The van der Waals surface area contributed by atoms with Crippen molar-refractivity contribution < 1.29 is 37.4 Å². The number of halogens is 2. The highest BCUT2D eigenvalue weighted by molar-refractivity contribution is 6.01. The Bertz CT molecular complexity index is 1490. The molecule has 46 heavy (non-hydrogen) atoms. The van der Waals surface area contributed by atoms with Crippen LogP contribution in [-0.2, 0) is 19.1 Å². The summed E-state index contributed by atoms with van der Waals surface area (Å²) in [4.78, 5) is 54.3. The molecule has 1 atom stereocenters. The smallest absolute Gasteiger partial charge is 0.338 e. The van der Waals surface area contributed by atoms with Crippen LogP contribution in [0.2, 0.25) is 0 Å². The van der Waals surface area contributed by atoms with Gasteiger partial charge in [0.05, 0.1) is 17.9 Å². The zero-order chi connectivity index (χ0) is 33.2. The number of likely N-dealkylation sites (tertiary alicyclic amines) is 1. The molecule has 0 bridgehead atoms. The van der Waals surface area contributed by atoms with Crippen LogP contribution in [0, 0.1) is 11.6 Å². The Morgan fingerprint density at radius 3 is 2.52 bits per heavy atom. The largest absolute Gasteiger partial charge is 0.458 e. The van der Waals surface area contributed by atoms with E-state index in [2.05, 4.69) is 33.5 Å². The Morgan fingerprint density at radius 1 is 1.09 bits per heavy atom. The number of imide groups is 1. The van der Waals surface area contributed by atoms with Crippen LogP contribution >= 0.6 is 0 Å². The second-order valence-corrected chi connectivity index (χ2v) is 11.1. The Kier molecular flexibility index (Phi) is 12.0. The number of esters is 1. The lowest BCUT2D eigenvalue weighted by Gasteiger charge is -2.37. The van der Waals surface area contributed by atoms with Gasteiger partial charge in [-0.05, 0) is 80.2 Å². The maximum absolute atomic E-state index is 14.4. The Hall–Kier alpha value is -4.62. The van der Waals surface area contributed by atoms with Gasteiger partial charge in [-0.2, -0.15) is 0 Å². The molecule has 0 saturated carbocycles. The van der Waals surface area contributed by atoms with E-state index in [0.29, 0.717) is 18.9 Å². The standard InChI is InChI=1S/C33H39F2N5O6/c1-4-17-46-31(42)29-28(20-45-3)38-33(44)40(30(29)24-9-10-26(34)27(35)19-24)32(43)36-13-6-14-39-15-11-22(12-16-39)23-7-5-8-25(18-23)37-21(2)41/h4-5,7-10,18-19,22,30H,1,6,11-17,20H2,2-3H3,(H,36,43)(H,37,41)(H,38,44). The van der Waals surface area contributed by atoms with E-state index in [-0.39, 0.29) is 42.5 Å². The number of hydrogen-bond donors (Lipinski definition) is 3. The van der Waals surface area contributed by atoms with E-state index >= 15 is 0 Å². The minimum atomic E-state index is -1.42. The molecule has 2 aliphatic rings. The predicted octanol–water partition coefficient (Wildman–Crippen LogP) is 4.60. The quantitative estimate of drug-likeness (QED) is 0.176. The van der Waals surface area contributed by atoms with Crippen LogP contribution in [0.4, 0.5) is 24.1 Å². The van der Waals surface area contributed by atoms with Gasteiger partial charge in [0.1, 0.15) is 12.6 Å². The van der Waals surface area contributed by atoms with Crippen LogP contribution in [0.3, 0.4) is 0 Å². The number of carbonyl (C=O) groups excluding carboxylic acids is 4. The molecule has 2 aliphatic heterocycles. The van der Waals surface area contributed by atoms with Crippen LogP contribution < -0.4 is 16.0 Å². The molecule has 1 fully saturated rings. The molecule has 0 spiro atoms. The highest BCUT2D eigenvalue weighted by atomic mass is 19.2. The van der Waals surface area contributed by atoms with Gasteiger partial charge >= 0.3 is 18.0 Å². The van der Waals surface area contributed by atoms with Crippen LogP contribution in [-0.4, -0.2) is 80.2 Å². The first-order valence-corrected chi connectivity index (χ1v) is 15.1. The van der Waals surface area contributed by atoms with Gasteiger partial charge in [0.2, 0.25) is 5.91 Å². The number of piperidine rings is 1. The number of rotatable bonds is 12. The van der Waals surface area contributed by atoms with Crippen molar-refractivity contribution in [2.24, 2.45) is 0 Å². The van der Waals surface area contributed by atoms with E-state index in [1.807, 2.05) is 18.2 Å². The van der Waals surface area contributed by atoms with Crippen LogP contribution in [0.1, 0.15) is 49.3 Å². The van der Waals surface area contributed by atoms with Crippen molar-refractivity contribution in [3.8, 4) is 0 Å². The van der Waals surface area contributed by atoms with Gasteiger partial charge in [-0.15, -0.1) is 0 Å². The lowest BCUT2D eigenvalue weighted by atomic mass is 9.89. The minimum Gasteiger partial charge on any atom is -0.458 e. The summed E-state index contributed by atoms with van der Waals surface area (Å²) in [5.41, 5.74) is 1.83. The molecule has 2 aromatic carbocycles. The molecule has 1 unspecified atom stereocenters. The maximum Gasteiger partial charge on any atom is 0.338 e. The van der Waals surface area contributed by atoms with Crippen LogP contribution in [0.15, 0.2) is 66.4 Å². The fraction of sp³-hybridized carbons (Fsp3) is 0.394. The number of urea groups is 2. The number of anilines is 1. The molecule has 4 rings (SSSR count). The molecule has 246 valence electrons. The first-order chi connectivity index (χ1) is 22.1. The van der Waals surface area contributed by atoms with Gasteiger partial charge in [0.25, 0.3) is 0 Å². The van der Waals surface area contributed by atoms with E-state index in [9.17, 15) is 28.0 Å². The Balaban J connectivity index is 1.41. The van der Waals surface area contributed by atoms with Gasteiger partial charge in [-0.3, -0.25) is 4.79 Å². The molecule has 0 radical (unpaired) electrons. The fourth-order valence-corrected chi connectivity index (χ4v) is 5.73. The molecule has 11 nitrogen and oxygen atoms in total. The van der Waals surface area contributed by atoms with E-state index < -0.39 is 35.7 Å². The van der Waals surface area contributed by atoms with Crippen LogP contribution in [0.25, 0.3) is 0 Å². The van der Waals surface area contributed by atoms with Crippen molar-refractivity contribution in [3.05, 3.63) is 89.2 Å². The number of benzene rings is 2. The van der Waals surface area contributed by atoms with Gasteiger partial charge in [0, 0.05) is 26.3 Å². The summed E-state index contributed by atoms with van der Waals surface area (Å²) < 4.78 is 38.6. The molecule has 13 heteroatoms. The predicted molar refractivity (Wildman–Crippen MR) is 167 cm³/mol. The number of nitrogens with one attached hydrogen (secondary N) is 3. The lowest BCUT2D eigenvalue weighted by molar-refractivity contribution is -0.138. The summed E-state index contributed by atoms with van der Waals surface area (Å²) in [5, 5.41) is 8.06. The van der Waals surface area contributed by atoms with E-state index in [1.54, 1.807) is 0 Å². The van der Waals surface area contributed by atoms with Crippen molar-refractivity contribution in [1.29, 1.82) is 0 Å². The van der Waals surface area contributed by atoms with Crippen LogP contribution in [0.5, 0.6) is 0 Å². The number of carbonyl (C=O) groups is 4. The van der Waals surface area contributed by atoms with Crippen molar-refractivity contribution in [2.45, 2.75) is 38.1 Å². The number of methoxy groups -OCH3 is 1. The Labute approximate surface area is 266 Å². The molecule has 5 amide bonds. The second kappa shape index (κ2) is 16.1. The summed E-state index contributed by atoms with van der Waals surface area (Å²) in [6.45, 7) is 7.28. The average molecular weight is 640 g/mol. The fourth-order valence-electron chi connectivity index (χ4n) is 5.73. The Morgan fingerprint density at radius 2 is 1.85 bits per heavy atom. The summed E-state index contributed by atoms with van der Waals surface area (Å²) >= 11 is 0. The molecule has 0 aliphatic carbocycles. The summed E-state index contributed by atoms with van der Waals surface area (Å²) in [6.07, 6.45) is 3.82. The molecule has 1 saturated heterocycles. The van der Waals surface area contributed by atoms with Crippen molar-refractivity contribution in [1.82, 2.24) is 20.4 Å². The minimum absolute atomic E-state index is 0.00598. The SMILES string of the molecule is C=CCOC(=O)C1=C(COC)NC(=O)N(C(=O)NCCCN2CCC(c3cccc(NC(C)=O)c3)CC2)C1c1ccc(F)c(F)c1. The summed E-state index contributed by atoms with van der Waals surface area (Å²) in [7, 11) is 1.35. The monoisotopic (exact) mass is 639 g/mol. The molecular formula is C33H39F2N5O6. The number of amides is 5. The highest BCUT2D eigenvalue weighted by Crippen LogP contribution is 2.35. The summed E-state index contributed by atoms with van der Waals surface area (Å²) in [6, 6.07) is 7.68. The van der Waals surface area contributed by atoms with Crippen molar-refractivity contribution in [2.75, 3.05) is 51.8 Å². The first kappa shape index (κ1) is 34.3. The van der Waals surface area contributed by atoms with Crippen molar-refractivity contribution in [3.63, 3.8) is 0 Å². The normalized spacial score (nSPS) is 17.3. The van der Waals surface area contributed by atoms with E-state index in [1.165, 1.54) is 31.7 Å². The van der Waals surface area contributed by atoms with Gasteiger partial charge in [0.15, 0.2) is 11.6 Å². The van der Waals surface area contributed by atoms with E-state index in [4.69, 9.17) is 9.47 Å².